The molecule has 0 radical (unpaired) electrons. The van der Waals surface area contributed by atoms with Crippen LogP contribution in [0, 0.1) is 17.3 Å². The first kappa shape index (κ1) is 15.7. The highest BCUT2D eigenvalue weighted by Crippen LogP contribution is 2.59. The average Bonchev–Trinajstić information content (AvgIpc) is 2.88. The van der Waals surface area contributed by atoms with Gasteiger partial charge in [-0.3, -0.25) is 4.79 Å². The van der Waals surface area contributed by atoms with Crippen LogP contribution in [0.4, 0.5) is 0 Å². The van der Waals surface area contributed by atoms with Gasteiger partial charge in [0.05, 0.1) is 5.94 Å². The zero-order valence-electron chi connectivity index (χ0n) is 14.1. The van der Waals surface area contributed by atoms with E-state index in [1.165, 1.54) is 24.2 Å². The van der Waals surface area contributed by atoms with Gasteiger partial charge in [-0.05, 0) is 73.1 Å². The minimum absolute atomic E-state index is 0.00702. The van der Waals surface area contributed by atoms with Crippen molar-refractivity contribution in [1.82, 2.24) is 0 Å². The van der Waals surface area contributed by atoms with Crippen molar-refractivity contribution in [1.29, 1.82) is 0 Å². The number of thioether (sulfide) groups is 1. The van der Waals surface area contributed by atoms with Gasteiger partial charge >= 0.3 is 0 Å². The predicted molar refractivity (Wildman–Crippen MR) is 93.8 cm³/mol. The number of carbonyl (C=O) groups is 1. The molecule has 124 valence electrons. The van der Waals surface area contributed by atoms with Gasteiger partial charge < -0.3 is 4.74 Å². The van der Waals surface area contributed by atoms with Crippen molar-refractivity contribution >= 4 is 17.5 Å². The molecule has 4 rings (SSSR count). The highest BCUT2D eigenvalue weighted by molar-refractivity contribution is 7.99. The first-order valence-corrected chi connectivity index (χ1v) is 9.90. The van der Waals surface area contributed by atoms with E-state index in [2.05, 4.69) is 25.1 Å². The first-order valence-electron chi connectivity index (χ1n) is 8.91. The standard InChI is InChI=1S/C20H26O2S/c1-20-10-9-16-15-6-4-14(23-12-22-2)11-13(15)3-5-17(16)18(20)7-8-19(20)21/h4,6,11,16-18H,3,5,7-10,12H2,1-2H3/t16-,17-,18+,20+/m1/s1. The first-order chi connectivity index (χ1) is 11.1. The quantitative estimate of drug-likeness (QED) is 0.588. The topological polar surface area (TPSA) is 26.3 Å². The number of Topliss-reactive ketones (excluding diaryl/α,β-unsaturated/α-hetero) is 1. The Morgan fingerprint density at radius 1 is 1.26 bits per heavy atom. The van der Waals surface area contributed by atoms with Crippen molar-refractivity contribution in [3.05, 3.63) is 29.3 Å². The summed E-state index contributed by atoms with van der Waals surface area (Å²) in [5, 5.41) is 0. The molecule has 2 fully saturated rings. The zero-order chi connectivity index (χ0) is 16.0. The molecule has 0 bridgehead atoms. The molecule has 1 aromatic carbocycles. The summed E-state index contributed by atoms with van der Waals surface area (Å²) in [7, 11) is 1.75. The summed E-state index contributed by atoms with van der Waals surface area (Å²) in [6, 6.07) is 7.00. The fourth-order valence-electron chi connectivity index (χ4n) is 5.55. The number of methoxy groups -OCH3 is 1. The molecular weight excluding hydrogens is 304 g/mol. The smallest absolute Gasteiger partial charge is 0.139 e. The van der Waals surface area contributed by atoms with Gasteiger partial charge in [0, 0.05) is 23.8 Å². The van der Waals surface area contributed by atoms with Crippen LogP contribution in [0.2, 0.25) is 0 Å². The van der Waals surface area contributed by atoms with E-state index in [-0.39, 0.29) is 5.41 Å². The maximum atomic E-state index is 12.4. The lowest BCUT2D eigenvalue weighted by Gasteiger charge is -2.48. The van der Waals surface area contributed by atoms with Crippen LogP contribution in [0.5, 0.6) is 0 Å². The van der Waals surface area contributed by atoms with E-state index in [1.54, 1.807) is 30.0 Å². The normalized spacial score (nSPS) is 35.6. The molecule has 23 heavy (non-hydrogen) atoms. The summed E-state index contributed by atoms with van der Waals surface area (Å²) in [6.07, 6.45) is 6.69. The third-order valence-electron chi connectivity index (χ3n) is 6.75. The van der Waals surface area contributed by atoms with Gasteiger partial charge in [-0.15, -0.1) is 0 Å². The second-order valence-corrected chi connectivity index (χ2v) is 8.74. The molecule has 1 aromatic rings. The lowest BCUT2D eigenvalue weighted by atomic mass is 9.55. The third-order valence-corrected chi connectivity index (χ3v) is 7.69. The Labute approximate surface area is 143 Å². The van der Waals surface area contributed by atoms with Crippen molar-refractivity contribution in [2.45, 2.75) is 56.3 Å². The summed E-state index contributed by atoms with van der Waals surface area (Å²) in [4.78, 5) is 13.7. The fourth-order valence-corrected chi connectivity index (χ4v) is 6.19. The Kier molecular flexibility index (Phi) is 4.05. The number of benzene rings is 1. The van der Waals surface area contributed by atoms with E-state index in [9.17, 15) is 4.79 Å². The van der Waals surface area contributed by atoms with Crippen molar-refractivity contribution in [2.75, 3.05) is 13.0 Å². The molecule has 2 saturated carbocycles. The SMILES string of the molecule is COCSc1ccc2c(c1)CC[C@@H]1[C@@H]2CC[C@]2(C)C(=O)CC[C@@H]12. The molecule has 0 aromatic heterocycles. The molecule has 0 aliphatic heterocycles. The number of rotatable bonds is 3. The minimum atomic E-state index is -0.00702. The third kappa shape index (κ3) is 2.47. The number of ketones is 1. The molecule has 0 heterocycles. The van der Waals surface area contributed by atoms with Gasteiger partial charge in [0.15, 0.2) is 0 Å². The van der Waals surface area contributed by atoms with Gasteiger partial charge in [-0.2, -0.15) is 0 Å². The van der Waals surface area contributed by atoms with Crippen LogP contribution < -0.4 is 0 Å². The summed E-state index contributed by atoms with van der Waals surface area (Å²) in [5.41, 5.74) is 3.11. The Balaban J connectivity index is 1.61. The molecule has 3 heteroatoms. The Morgan fingerprint density at radius 3 is 2.96 bits per heavy atom. The Morgan fingerprint density at radius 2 is 2.13 bits per heavy atom. The number of ether oxygens (including phenoxy) is 1. The van der Waals surface area contributed by atoms with Crippen LogP contribution in [0.25, 0.3) is 0 Å². The second-order valence-electron chi connectivity index (χ2n) is 7.74. The lowest BCUT2D eigenvalue weighted by Crippen LogP contribution is -2.42. The fraction of sp³-hybridized carbons (Fsp3) is 0.650. The predicted octanol–water partition coefficient (Wildman–Crippen LogP) is 4.81. The number of carbonyl (C=O) groups excluding carboxylic acids is 1. The average molecular weight is 330 g/mol. The molecule has 2 nitrogen and oxygen atoms in total. The van der Waals surface area contributed by atoms with Crippen LogP contribution in [0.3, 0.4) is 0 Å². The zero-order valence-corrected chi connectivity index (χ0v) is 15.0. The molecule has 3 aliphatic rings. The van der Waals surface area contributed by atoms with E-state index in [1.807, 2.05) is 0 Å². The van der Waals surface area contributed by atoms with Crippen LogP contribution >= 0.6 is 11.8 Å². The largest absolute Gasteiger partial charge is 0.374 e. The molecule has 3 aliphatic carbocycles. The Hall–Kier alpha value is -0.800. The molecule has 0 saturated heterocycles. The number of fused-ring (bicyclic) bond motifs is 5. The minimum Gasteiger partial charge on any atom is -0.374 e. The maximum Gasteiger partial charge on any atom is 0.139 e. The van der Waals surface area contributed by atoms with Gasteiger partial charge in [0.2, 0.25) is 0 Å². The van der Waals surface area contributed by atoms with Gasteiger partial charge in [-0.1, -0.05) is 24.8 Å². The van der Waals surface area contributed by atoms with Crippen molar-refractivity contribution < 1.29 is 9.53 Å². The van der Waals surface area contributed by atoms with Gasteiger partial charge in [0.1, 0.15) is 5.78 Å². The lowest BCUT2D eigenvalue weighted by molar-refractivity contribution is -0.129. The highest BCUT2D eigenvalue weighted by Gasteiger charge is 2.54. The molecule has 0 N–H and O–H groups in total. The second kappa shape index (κ2) is 5.93. The van der Waals surface area contributed by atoms with E-state index in [0.717, 1.165) is 25.2 Å². The van der Waals surface area contributed by atoms with Crippen LogP contribution in [0.1, 0.15) is 56.1 Å². The van der Waals surface area contributed by atoms with E-state index in [4.69, 9.17) is 4.74 Å². The monoisotopic (exact) mass is 330 g/mol. The molecule has 0 unspecified atom stereocenters. The van der Waals surface area contributed by atoms with E-state index < -0.39 is 0 Å². The van der Waals surface area contributed by atoms with Crippen LogP contribution in [-0.2, 0) is 16.0 Å². The summed E-state index contributed by atoms with van der Waals surface area (Å²) >= 11 is 1.77. The number of hydrogen-bond donors (Lipinski definition) is 0. The summed E-state index contributed by atoms with van der Waals surface area (Å²) in [5.74, 6) is 3.30. The molecule has 0 amide bonds. The highest BCUT2D eigenvalue weighted by atomic mass is 32.2. The number of hydrogen-bond acceptors (Lipinski definition) is 3. The van der Waals surface area contributed by atoms with E-state index >= 15 is 0 Å². The maximum absolute atomic E-state index is 12.4. The Bertz CT molecular complexity index is 626. The summed E-state index contributed by atoms with van der Waals surface area (Å²) in [6.45, 7) is 2.25. The van der Waals surface area contributed by atoms with Crippen molar-refractivity contribution in [3.63, 3.8) is 0 Å². The molecule has 0 spiro atoms. The van der Waals surface area contributed by atoms with Crippen LogP contribution in [0.15, 0.2) is 23.1 Å². The molecule has 4 atom stereocenters. The molecular formula is C20H26O2S. The van der Waals surface area contributed by atoms with Crippen LogP contribution in [-0.4, -0.2) is 18.8 Å². The van der Waals surface area contributed by atoms with Gasteiger partial charge in [0.25, 0.3) is 0 Å². The van der Waals surface area contributed by atoms with Gasteiger partial charge in [-0.25, -0.2) is 0 Å². The van der Waals surface area contributed by atoms with E-state index in [0.29, 0.717) is 23.6 Å². The van der Waals surface area contributed by atoms with Crippen molar-refractivity contribution in [2.24, 2.45) is 17.3 Å². The summed E-state index contributed by atoms with van der Waals surface area (Å²) < 4.78 is 5.18. The van der Waals surface area contributed by atoms with Crippen molar-refractivity contribution in [3.8, 4) is 0 Å². The number of aryl methyl sites for hydroxylation is 1.